The molecule has 6 nitrogen and oxygen atoms in total. The van der Waals surface area contributed by atoms with Crippen molar-refractivity contribution >= 4 is 17.0 Å². The van der Waals surface area contributed by atoms with Gasteiger partial charge in [-0.1, -0.05) is 25.2 Å². The molecule has 35 heavy (non-hydrogen) atoms. The Hall–Kier alpha value is -3.25. The maximum Gasteiger partial charge on any atom is 0.255 e. The standard InChI is InChI=1S/C29H35N5O/c1-18-8-10-23-11-9-21(22-14-28(4,5)32-29(6,7)15-22)17-33(23)27(35)12-24(18)25-13-26-20(3)30-19(2)16-34(26)31-25/h9-14,16-18,32H,8,15H2,1-7H3. The molecular formula is C29H35N5O. The van der Waals surface area contributed by atoms with Gasteiger partial charge in [-0.05, 0) is 89.2 Å². The second-order valence-electron chi connectivity index (χ2n) is 11.4. The molecule has 0 fully saturated rings. The first-order valence-electron chi connectivity index (χ1n) is 12.4. The van der Waals surface area contributed by atoms with Crippen LogP contribution in [-0.4, -0.2) is 36.5 Å². The third-order valence-corrected chi connectivity index (χ3v) is 6.96. The van der Waals surface area contributed by atoms with E-state index in [1.54, 1.807) is 11.0 Å². The van der Waals surface area contributed by atoms with Gasteiger partial charge < -0.3 is 5.32 Å². The Balaban J connectivity index is 1.52. The number of carbonyl (C=O) groups is 1. The van der Waals surface area contributed by atoms with Crippen molar-refractivity contribution in [3.8, 4) is 0 Å². The van der Waals surface area contributed by atoms with Crippen LogP contribution in [0.4, 0.5) is 0 Å². The normalized spacial score (nSPS) is 23.7. The van der Waals surface area contributed by atoms with Gasteiger partial charge in [0, 0.05) is 29.1 Å². The Kier molecular flexibility index (Phi) is 5.48. The van der Waals surface area contributed by atoms with Gasteiger partial charge in [0.15, 0.2) is 0 Å². The average Bonchev–Trinajstić information content (AvgIpc) is 3.16. The van der Waals surface area contributed by atoms with E-state index in [-0.39, 0.29) is 22.9 Å². The lowest BCUT2D eigenvalue weighted by molar-refractivity contribution is -0.122. The molecule has 0 saturated heterocycles. The lowest BCUT2D eigenvalue weighted by Crippen LogP contribution is -2.54. The van der Waals surface area contributed by atoms with Crippen molar-refractivity contribution in [2.75, 3.05) is 0 Å². The van der Waals surface area contributed by atoms with Crippen LogP contribution in [0.1, 0.15) is 64.5 Å². The third-order valence-electron chi connectivity index (χ3n) is 6.96. The molecule has 2 aromatic heterocycles. The summed E-state index contributed by atoms with van der Waals surface area (Å²) in [5.74, 6) is 0.121. The second kappa shape index (κ2) is 8.16. The van der Waals surface area contributed by atoms with E-state index in [1.165, 1.54) is 5.57 Å². The number of aryl methyl sites for hydroxylation is 2. The SMILES string of the molecule is Cc1cn2nc(C3=CC(=O)N4C=C(C5=CC(C)(C)NC(C)(C)C5)C=CC4=CCC3C)cc2c(C)n1. The van der Waals surface area contributed by atoms with Gasteiger partial charge in [-0.2, -0.15) is 5.10 Å². The van der Waals surface area contributed by atoms with Gasteiger partial charge in [0.1, 0.15) is 0 Å². The molecule has 1 N–H and O–H groups in total. The molecule has 0 radical (unpaired) electrons. The molecular weight excluding hydrogens is 434 g/mol. The number of nitrogens with zero attached hydrogens (tertiary/aromatic N) is 4. The number of nitrogens with one attached hydrogen (secondary N) is 1. The zero-order chi connectivity index (χ0) is 25.1. The smallest absolute Gasteiger partial charge is 0.255 e. The molecule has 0 aliphatic carbocycles. The van der Waals surface area contributed by atoms with Crippen molar-refractivity contribution in [1.82, 2.24) is 24.8 Å². The molecule has 5 rings (SSSR count). The Morgan fingerprint density at radius 1 is 1.14 bits per heavy atom. The maximum atomic E-state index is 13.6. The summed E-state index contributed by atoms with van der Waals surface area (Å²) >= 11 is 0. The summed E-state index contributed by atoms with van der Waals surface area (Å²) in [6, 6.07) is 2.05. The van der Waals surface area contributed by atoms with Gasteiger partial charge >= 0.3 is 0 Å². The molecule has 0 spiro atoms. The van der Waals surface area contributed by atoms with Crippen LogP contribution in [0.15, 0.2) is 65.7 Å². The van der Waals surface area contributed by atoms with E-state index in [2.05, 4.69) is 69.2 Å². The first kappa shape index (κ1) is 23.5. The largest absolute Gasteiger partial charge is 0.303 e. The van der Waals surface area contributed by atoms with Crippen LogP contribution in [0, 0.1) is 19.8 Å². The molecule has 3 aliphatic heterocycles. The monoisotopic (exact) mass is 469 g/mol. The van der Waals surface area contributed by atoms with Gasteiger partial charge in [0.25, 0.3) is 5.91 Å². The van der Waals surface area contributed by atoms with Crippen molar-refractivity contribution in [2.45, 2.75) is 72.4 Å². The predicted octanol–water partition coefficient (Wildman–Crippen LogP) is 5.41. The summed E-state index contributed by atoms with van der Waals surface area (Å²) in [4.78, 5) is 20.0. The van der Waals surface area contributed by atoms with Crippen LogP contribution in [0.5, 0.6) is 0 Å². The maximum absolute atomic E-state index is 13.6. The van der Waals surface area contributed by atoms with E-state index in [1.807, 2.05) is 36.8 Å². The molecule has 0 aromatic carbocycles. The number of aromatic nitrogens is 3. The van der Waals surface area contributed by atoms with E-state index in [0.29, 0.717) is 0 Å². The number of amides is 1. The summed E-state index contributed by atoms with van der Waals surface area (Å²) in [5.41, 5.74) is 7.77. The molecule has 1 unspecified atom stereocenters. The van der Waals surface area contributed by atoms with Crippen LogP contribution in [0.3, 0.4) is 0 Å². The van der Waals surface area contributed by atoms with Gasteiger partial charge in [0.2, 0.25) is 0 Å². The molecule has 0 bridgehead atoms. The van der Waals surface area contributed by atoms with E-state index in [0.717, 1.165) is 52.3 Å². The van der Waals surface area contributed by atoms with E-state index in [9.17, 15) is 4.79 Å². The highest BCUT2D eigenvalue weighted by molar-refractivity contribution is 5.98. The van der Waals surface area contributed by atoms with Crippen molar-refractivity contribution in [1.29, 1.82) is 0 Å². The molecule has 5 heterocycles. The lowest BCUT2D eigenvalue weighted by atomic mass is 9.80. The fourth-order valence-electron chi connectivity index (χ4n) is 5.69. The molecule has 182 valence electrons. The average molecular weight is 470 g/mol. The lowest BCUT2D eigenvalue weighted by Gasteiger charge is -2.42. The fourth-order valence-corrected chi connectivity index (χ4v) is 5.69. The zero-order valence-corrected chi connectivity index (χ0v) is 21.8. The Labute approximate surface area is 207 Å². The van der Waals surface area contributed by atoms with Crippen molar-refractivity contribution in [2.24, 2.45) is 5.92 Å². The predicted molar refractivity (Wildman–Crippen MR) is 140 cm³/mol. The summed E-state index contributed by atoms with van der Waals surface area (Å²) < 4.78 is 1.87. The zero-order valence-electron chi connectivity index (χ0n) is 21.8. The summed E-state index contributed by atoms with van der Waals surface area (Å²) in [6.45, 7) is 15.0. The second-order valence-corrected chi connectivity index (χ2v) is 11.4. The van der Waals surface area contributed by atoms with Crippen molar-refractivity contribution in [3.05, 3.63) is 82.8 Å². The molecule has 3 aliphatic rings. The quantitative estimate of drug-likeness (QED) is 0.639. The highest BCUT2D eigenvalue weighted by atomic mass is 16.2. The topological polar surface area (TPSA) is 62.5 Å². The number of rotatable bonds is 2. The molecule has 0 saturated carbocycles. The molecule has 1 amide bonds. The van der Waals surface area contributed by atoms with Crippen LogP contribution in [0.25, 0.3) is 11.1 Å². The van der Waals surface area contributed by atoms with Crippen LogP contribution >= 0.6 is 0 Å². The number of fused-ring (bicyclic) bond motifs is 2. The number of allylic oxidation sites excluding steroid dienone is 5. The van der Waals surface area contributed by atoms with E-state index >= 15 is 0 Å². The first-order chi connectivity index (χ1) is 16.4. The minimum absolute atomic E-state index is 0.0182. The summed E-state index contributed by atoms with van der Waals surface area (Å²) in [6.07, 6.45) is 16.1. The minimum Gasteiger partial charge on any atom is -0.303 e. The molecule has 6 heteroatoms. The van der Waals surface area contributed by atoms with Gasteiger partial charge in [-0.3, -0.25) is 14.7 Å². The number of carbonyl (C=O) groups excluding carboxylic acids is 1. The fraction of sp³-hybridized carbons (Fsp3) is 0.414. The van der Waals surface area contributed by atoms with Gasteiger partial charge in [-0.25, -0.2) is 4.52 Å². The van der Waals surface area contributed by atoms with Crippen LogP contribution in [-0.2, 0) is 4.79 Å². The number of hydrogen-bond acceptors (Lipinski definition) is 4. The molecule has 1 atom stereocenters. The Morgan fingerprint density at radius 3 is 2.66 bits per heavy atom. The van der Waals surface area contributed by atoms with Gasteiger partial charge in [0.05, 0.1) is 28.8 Å². The Morgan fingerprint density at radius 2 is 1.91 bits per heavy atom. The third kappa shape index (κ3) is 4.55. The van der Waals surface area contributed by atoms with Crippen LogP contribution < -0.4 is 5.32 Å². The van der Waals surface area contributed by atoms with Crippen LogP contribution in [0.2, 0.25) is 0 Å². The summed E-state index contributed by atoms with van der Waals surface area (Å²) in [5, 5.41) is 8.50. The van der Waals surface area contributed by atoms with Crippen molar-refractivity contribution < 1.29 is 4.79 Å². The minimum atomic E-state index is -0.112. The van der Waals surface area contributed by atoms with E-state index in [4.69, 9.17) is 5.10 Å². The Bertz CT molecular complexity index is 1380. The highest BCUT2D eigenvalue weighted by Crippen LogP contribution is 2.36. The first-order valence-corrected chi connectivity index (χ1v) is 12.4. The number of hydrogen-bond donors (Lipinski definition) is 1. The van der Waals surface area contributed by atoms with Crippen molar-refractivity contribution in [3.63, 3.8) is 0 Å². The van der Waals surface area contributed by atoms with E-state index < -0.39 is 0 Å². The molecule has 2 aromatic rings. The highest BCUT2D eigenvalue weighted by Gasteiger charge is 2.34. The van der Waals surface area contributed by atoms with Gasteiger partial charge in [-0.15, -0.1) is 0 Å². The summed E-state index contributed by atoms with van der Waals surface area (Å²) in [7, 11) is 0.